The van der Waals surface area contributed by atoms with Crippen molar-refractivity contribution in [2.24, 2.45) is 5.73 Å². The highest BCUT2D eigenvalue weighted by molar-refractivity contribution is 5.69. The second-order valence-corrected chi connectivity index (χ2v) is 3.47. The van der Waals surface area contributed by atoms with E-state index in [9.17, 15) is 4.79 Å². The average molecular weight is 202 g/mol. The molecule has 0 aromatic carbocycles. The number of carbonyl (C=O) groups excluding carboxylic acids is 1. The molecule has 1 heterocycles. The Morgan fingerprint density at radius 3 is 2.86 bits per heavy atom. The van der Waals surface area contributed by atoms with E-state index in [1.807, 2.05) is 0 Å². The summed E-state index contributed by atoms with van der Waals surface area (Å²) in [7, 11) is 0. The number of nitrogens with zero attached hydrogens (tertiary/aromatic N) is 1. The van der Waals surface area contributed by atoms with Crippen LogP contribution in [0.5, 0.6) is 0 Å². The first-order valence-electron chi connectivity index (χ1n) is 5.04. The molecule has 3 N–H and O–H groups in total. The molecule has 1 fully saturated rings. The van der Waals surface area contributed by atoms with Gasteiger partial charge in [-0.1, -0.05) is 0 Å². The Labute approximate surface area is 83.8 Å². The molecular weight excluding hydrogens is 184 g/mol. The Balaban J connectivity index is 2.15. The van der Waals surface area contributed by atoms with Gasteiger partial charge in [0.15, 0.2) is 0 Å². The Bertz CT molecular complexity index is 187. The fourth-order valence-corrected chi connectivity index (χ4v) is 1.47. The van der Waals surface area contributed by atoms with Crippen molar-refractivity contribution in [3.8, 4) is 0 Å². The summed E-state index contributed by atoms with van der Waals surface area (Å²) in [5.74, 6) is 0. The summed E-state index contributed by atoms with van der Waals surface area (Å²) in [6.45, 7) is 1.92. The van der Waals surface area contributed by atoms with E-state index in [1.54, 1.807) is 4.90 Å². The Kier molecular flexibility index (Phi) is 4.69. The third kappa shape index (κ3) is 3.16. The zero-order valence-corrected chi connectivity index (χ0v) is 8.32. The fourth-order valence-electron chi connectivity index (χ4n) is 1.47. The van der Waals surface area contributed by atoms with E-state index in [-0.39, 0.29) is 18.8 Å². The minimum absolute atomic E-state index is 0.139. The summed E-state index contributed by atoms with van der Waals surface area (Å²) in [4.78, 5) is 12.9. The molecule has 0 aromatic rings. The molecule has 82 valence electrons. The molecule has 1 rings (SSSR count). The quantitative estimate of drug-likeness (QED) is 0.591. The second-order valence-electron chi connectivity index (χ2n) is 3.47. The average Bonchev–Trinajstić information content (AvgIpc) is 2.54. The van der Waals surface area contributed by atoms with Crippen LogP contribution in [0.25, 0.3) is 0 Å². The van der Waals surface area contributed by atoms with Crippen LogP contribution < -0.4 is 5.73 Å². The molecule has 0 bridgehead atoms. The number of nitrogens with two attached hydrogens (primary N) is 1. The molecule has 0 radical (unpaired) electrons. The zero-order valence-electron chi connectivity index (χ0n) is 8.32. The maximum atomic E-state index is 11.2. The van der Waals surface area contributed by atoms with Crippen LogP contribution in [-0.2, 0) is 4.74 Å². The molecule has 1 unspecified atom stereocenters. The van der Waals surface area contributed by atoms with Crippen molar-refractivity contribution in [1.82, 2.24) is 4.90 Å². The Morgan fingerprint density at radius 1 is 1.50 bits per heavy atom. The molecule has 1 saturated heterocycles. The van der Waals surface area contributed by atoms with Crippen molar-refractivity contribution in [3.63, 3.8) is 0 Å². The van der Waals surface area contributed by atoms with Crippen LogP contribution in [0.3, 0.4) is 0 Å². The van der Waals surface area contributed by atoms with Gasteiger partial charge < -0.3 is 20.5 Å². The van der Waals surface area contributed by atoms with Gasteiger partial charge >= 0.3 is 6.09 Å². The number of ether oxygens (including phenoxy) is 1. The number of carbonyl (C=O) groups is 1. The lowest BCUT2D eigenvalue weighted by Crippen LogP contribution is -2.28. The lowest BCUT2D eigenvalue weighted by atomic mass is 10.2. The first-order valence-corrected chi connectivity index (χ1v) is 5.04. The highest BCUT2D eigenvalue weighted by Gasteiger charge is 2.29. The van der Waals surface area contributed by atoms with Crippen molar-refractivity contribution in [3.05, 3.63) is 0 Å². The van der Waals surface area contributed by atoms with Crippen LogP contribution in [0, 0.1) is 0 Å². The standard InChI is InChI=1S/C9H18N2O3/c10-6-8-7-11(9(13)14-8)4-2-1-3-5-12/h8,12H,1-7,10H2. The van der Waals surface area contributed by atoms with E-state index in [4.69, 9.17) is 15.6 Å². The van der Waals surface area contributed by atoms with Gasteiger partial charge in [0, 0.05) is 19.7 Å². The fraction of sp³-hybridized carbons (Fsp3) is 0.889. The predicted octanol–water partition coefficient (Wildman–Crippen LogP) is -0.0715. The number of aliphatic hydroxyl groups excluding tert-OH is 1. The Morgan fingerprint density at radius 2 is 2.29 bits per heavy atom. The molecule has 0 aliphatic carbocycles. The van der Waals surface area contributed by atoms with Crippen LogP contribution in [0.1, 0.15) is 19.3 Å². The van der Waals surface area contributed by atoms with E-state index < -0.39 is 0 Å². The molecule has 14 heavy (non-hydrogen) atoms. The van der Waals surface area contributed by atoms with Crippen molar-refractivity contribution in [2.45, 2.75) is 25.4 Å². The van der Waals surface area contributed by atoms with Gasteiger partial charge in [-0.05, 0) is 19.3 Å². The number of hydrogen-bond donors (Lipinski definition) is 2. The van der Waals surface area contributed by atoms with Crippen LogP contribution in [0.15, 0.2) is 0 Å². The number of aliphatic hydroxyl groups is 1. The van der Waals surface area contributed by atoms with Gasteiger partial charge in [0.1, 0.15) is 6.10 Å². The number of amides is 1. The van der Waals surface area contributed by atoms with Gasteiger partial charge in [0.25, 0.3) is 0 Å². The van der Waals surface area contributed by atoms with Gasteiger partial charge in [-0.25, -0.2) is 4.79 Å². The zero-order chi connectivity index (χ0) is 10.4. The van der Waals surface area contributed by atoms with Crippen molar-refractivity contribution in [2.75, 3.05) is 26.2 Å². The second kappa shape index (κ2) is 5.82. The lowest BCUT2D eigenvalue weighted by molar-refractivity contribution is 0.134. The minimum atomic E-state index is -0.260. The largest absolute Gasteiger partial charge is 0.443 e. The van der Waals surface area contributed by atoms with Crippen LogP contribution in [-0.4, -0.2) is 48.4 Å². The topological polar surface area (TPSA) is 75.8 Å². The lowest BCUT2D eigenvalue weighted by Gasteiger charge is -2.11. The molecule has 0 aromatic heterocycles. The summed E-state index contributed by atoms with van der Waals surface area (Å²) >= 11 is 0. The highest BCUT2D eigenvalue weighted by atomic mass is 16.6. The van der Waals surface area contributed by atoms with E-state index in [2.05, 4.69) is 0 Å². The molecule has 1 aliphatic rings. The summed E-state index contributed by atoms with van der Waals surface area (Å²) in [5.41, 5.74) is 5.40. The van der Waals surface area contributed by atoms with E-state index >= 15 is 0 Å². The number of cyclic esters (lactones) is 1. The summed E-state index contributed by atoms with van der Waals surface area (Å²) < 4.78 is 4.99. The van der Waals surface area contributed by atoms with E-state index in [0.29, 0.717) is 19.6 Å². The van der Waals surface area contributed by atoms with Crippen molar-refractivity contribution in [1.29, 1.82) is 0 Å². The highest BCUT2D eigenvalue weighted by Crippen LogP contribution is 2.11. The Hall–Kier alpha value is -0.810. The third-order valence-electron chi connectivity index (χ3n) is 2.30. The summed E-state index contributed by atoms with van der Waals surface area (Å²) in [6, 6.07) is 0. The predicted molar refractivity (Wildman–Crippen MR) is 51.8 cm³/mol. The first-order chi connectivity index (χ1) is 6.77. The van der Waals surface area contributed by atoms with Crippen molar-refractivity contribution >= 4 is 6.09 Å². The molecular formula is C9H18N2O3. The maximum Gasteiger partial charge on any atom is 0.410 e. The SMILES string of the molecule is NCC1CN(CCCCCO)C(=O)O1. The summed E-state index contributed by atoms with van der Waals surface area (Å²) in [6.07, 6.45) is 2.24. The molecule has 0 spiro atoms. The van der Waals surface area contributed by atoms with Crippen LogP contribution in [0.4, 0.5) is 4.79 Å². The first kappa shape index (κ1) is 11.3. The van der Waals surface area contributed by atoms with Gasteiger partial charge in [0.05, 0.1) is 6.54 Å². The normalized spacial score (nSPS) is 21.4. The van der Waals surface area contributed by atoms with Gasteiger partial charge in [0.2, 0.25) is 0 Å². The maximum absolute atomic E-state index is 11.2. The van der Waals surface area contributed by atoms with Crippen LogP contribution in [0.2, 0.25) is 0 Å². The van der Waals surface area contributed by atoms with E-state index in [1.165, 1.54) is 0 Å². The molecule has 1 atom stereocenters. The molecule has 5 nitrogen and oxygen atoms in total. The summed E-state index contributed by atoms with van der Waals surface area (Å²) in [5, 5.41) is 8.57. The van der Waals surface area contributed by atoms with Gasteiger partial charge in [-0.3, -0.25) is 0 Å². The van der Waals surface area contributed by atoms with E-state index in [0.717, 1.165) is 19.3 Å². The molecule has 5 heteroatoms. The molecule has 1 amide bonds. The van der Waals surface area contributed by atoms with Crippen molar-refractivity contribution < 1.29 is 14.6 Å². The van der Waals surface area contributed by atoms with Crippen LogP contribution >= 0.6 is 0 Å². The smallest absolute Gasteiger partial charge is 0.410 e. The molecule has 1 aliphatic heterocycles. The van der Waals surface area contributed by atoms with Gasteiger partial charge in [-0.15, -0.1) is 0 Å². The number of rotatable bonds is 6. The van der Waals surface area contributed by atoms with Gasteiger partial charge in [-0.2, -0.15) is 0 Å². The monoisotopic (exact) mass is 202 g/mol. The number of unbranched alkanes of at least 4 members (excludes halogenated alkanes) is 2. The number of hydrogen-bond acceptors (Lipinski definition) is 4. The third-order valence-corrected chi connectivity index (χ3v) is 2.30. The minimum Gasteiger partial charge on any atom is -0.443 e. The molecule has 0 saturated carbocycles.